The average molecular weight is 306 g/mol. The van der Waals surface area contributed by atoms with E-state index in [0.717, 1.165) is 0 Å². The van der Waals surface area contributed by atoms with E-state index in [0.29, 0.717) is 4.96 Å². The van der Waals surface area contributed by atoms with E-state index < -0.39 is 10.9 Å². The van der Waals surface area contributed by atoms with E-state index in [1.807, 2.05) is 0 Å². The molecule has 0 aliphatic rings. The van der Waals surface area contributed by atoms with Crippen LogP contribution in [0.2, 0.25) is 0 Å². The van der Waals surface area contributed by atoms with Crippen LogP contribution in [0.15, 0.2) is 30.0 Å². The van der Waals surface area contributed by atoms with Crippen molar-refractivity contribution in [3.8, 4) is 11.6 Å². The largest absolute Gasteiger partial charge is 0.478 e. The van der Waals surface area contributed by atoms with Gasteiger partial charge in [0.05, 0.1) is 6.20 Å². The summed E-state index contributed by atoms with van der Waals surface area (Å²) < 4.78 is 6.56. The highest BCUT2D eigenvalue weighted by atomic mass is 32.1. The minimum atomic E-state index is -1.23. The molecule has 0 atom stereocenters. The Hall–Kier alpha value is -3.01. The Morgan fingerprint density at radius 3 is 3.05 bits per heavy atom. The van der Waals surface area contributed by atoms with Crippen LogP contribution < -0.4 is 4.74 Å². The molecule has 0 unspecified atom stereocenters. The normalized spacial score (nSPS) is 10.7. The summed E-state index contributed by atoms with van der Waals surface area (Å²) in [5, 5.41) is 21.8. The summed E-state index contributed by atoms with van der Waals surface area (Å²) in [5.74, 6) is -1.98. The molecule has 0 radical (unpaired) electrons. The maximum Gasteiger partial charge on any atom is 0.393 e. The molecule has 0 spiro atoms. The molecule has 1 N–H and O–H groups in total. The lowest BCUT2D eigenvalue weighted by molar-refractivity contribution is -0.391. The van der Waals surface area contributed by atoms with Crippen molar-refractivity contribution < 1.29 is 19.6 Å². The highest BCUT2D eigenvalue weighted by molar-refractivity contribution is 7.15. The molecular weight excluding hydrogens is 300 g/mol. The van der Waals surface area contributed by atoms with Crippen molar-refractivity contribution in [1.82, 2.24) is 14.4 Å². The fourth-order valence-corrected chi connectivity index (χ4v) is 2.43. The van der Waals surface area contributed by atoms with E-state index in [9.17, 15) is 14.9 Å². The molecule has 0 saturated carbocycles. The molecule has 0 aromatic carbocycles. The first-order chi connectivity index (χ1) is 10.1. The zero-order chi connectivity index (χ0) is 15.0. The van der Waals surface area contributed by atoms with Crippen LogP contribution in [-0.4, -0.2) is 30.4 Å². The summed E-state index contributed by atoms with van der Waals surface area (Å²) in [7, 11) is 0. The molecule has 0 fully saturated rings. The number of rotatable bonds is 4. The number of ether oxygens (including phenoxy) is 1. The van der Waals surface area contributed by atoms with Crippen molar-refractivity contribution in [2.75, 3.05) is 0 Å². The second-order valence-corrected chi connectivity index (χ2v) is 4.71. The number of imidazole rings is 1. The van der Waals surface area contributed by atoms with Crippen molar-refractivity contribution >= 4 is 28.1 Å². The van der Waals surface area contributed by atoms with Crippen LogP contribution in [0.1, 0.15) is 10.4 Å². The molecule has 3 aromatic rings. The van der Waals surface area contributed by atoms with Gasteiger partial charge in [-0.2, -0.15) is 9.38 Å². The van der Waals surface area contributed by atoms with Crippen molar-refractivity contribution in [3.05, 3.63) is 45.7 Å². The number of pyridine rings is 1. The molecule has 3 heterocycles. The summed E-state index contributed by atoms with van der Waals surface area (Å²) in [5.41, 5.74) is -0.157. The number of aromatic carboxylic acids is 1. The van der Waals surface area contributed by atoms with Gasteiger partial charge in [0.15, 0.2) is 5.75 Å². The SMILES string of the molecule is O=C(O)c1ccncc1Oc1nc2sccn2c1[N+](=O)[O-]. The van der Waals surface area contributed by atoms with Gasteiger partial charge in [-0.25, -0.2) is 4.79 Å². The van der Waals surface area contributed by atoms with E-state index in [1.54, 1.807) is 5.38 Å². The van der Waals surface area contributed by atoms with Crippen molar-refractivity contribution in [1.29, 1.82) is 0 Å². The minimum absolute atomic E-state index is 0.112. The van der Waals surface area contributed by atoms with Gasteiger partial charge in [-0.15, -0.1) is 0 Å². The first kappa shape index (κ1) is 13.0. The molecule has 0 bridgehead atoms. The summed E-state index contributed by atoms with van der Waals surface area (Å²) in [6, 6.07) is 1.24. The first-order valence-corrected chi connectivity index (χ1v) is 6.41. The quantitative estimate of drug-likeness (QED) is 0.579. The number of aromatic nitrogens is 3. The Morgan fingerprint density at radius 1 is 1.52 bits per heavy atom. The predicted molar refractivity (Wildman–Crippen MR) is 71.0 cm³/mol. The van der Waals surface area contributed by atoms with Gasteiger partial charge < -0.3 is 20.0 Å². The Morgan fingerprint density at radius 2 is 2.33 bits per heavy atom. The third-order valence-electron chi connectivity index (χ3n) is 2.60. The zero-order valence-corrected chi connectivity index (χ0v) is 11.0. The van der Waals surface area contributed by atoms with Gasteiger partial charge in [-0.3, -0.25) is 4.98 Å². The van der Waals surface area contributed by atoms with Crippen LogP contribution in [0.3, 0.4) is 0 Å². The third-order valence-corrected chi connectivity index (χ3v) is 3.36. The van der Waals surface area contributed by atoms with Gasteiger partial charge in [0.1, 0.15) is 11.8 Å². The van der Waals surface area contributed by atoms with E-state index in [1.165, 1.54) is 40.4 Å². The van der Waals surface area contributed by atoms with Crippen LogP contribution >= 0.6 is 11.3 Å². The Balaban J connectivity index is 2.10. The molecule has 10 heteroatoms. The molecular formula is C11H6N4O5S. The molecule has 0 aliphatic heterocycles. The Bertz CT molecular complexity index is 855. The number of nitrogens with zero attached hydrogens (tertiary/aromatic N) is 4. The topological polar surface area (TPSA) is 120 Å². The summed E-state index contributed by atoms with van der Waals surface area (Å²) in [6.45, 7) is 0. The van der Waals surface area contributed by atoms with Gasteiger partial charge in [0, 0.05) is 11.6 Å². The van der Waals surface area contributed by atoms with Gasteiger partial charge in [-0.05, 0) is 11.0 Å². The molecule has 106 valence electrons. The van der Waals surface area contributed by atoms with Crippen molar-refractivity contribution in [2.24, 2.45) is 0 Å². The van der Waals surface area contributed by atoms with Crippen LogP contribution in [-0.2, 0) is 0 Å². The first-order valence-electron chi connectivity index (χ1n) is 5.53. The van der Waals surface area contributed by atoms with Gasteiger partial charge >= 0.3 is 17.7 Å². The number of hydrogen-bond acceptors (Lipinski definition) is 7. The molecule has 21 heavy (non-hydrogen) atoms. The lowest BCUT2D eigenvalue weighted by atomic mass is 10.2. The summed E-state index contributed by atoms with van der Waals surface area (Å²) >= 11 is 1.20. The minimum Gasteiger partial charge on any atom is -0.478 e. The lowest BCUT2D eigenvalue weighted by Crippen LogP contribution is -2.02. The smallest absolute Gasteiger partial charge is 0.393 e. The van der Waals surface area contributed by atoms with Gasteiger partial charge in [0.2, 0.25) is 0 Å². The number of carbonyl (C=O) groups is 1. The number of hydrogen-bond donors (Lipinski definition) is 1. The Kier molecular flexibility index (Phi) is 2.99. The molecule has 3 aromatic heterocycles. The molecule has 0 aliphatic carbocycles. The average Bonchev–Trinajstić information content (AvgIpc) is 2.98. The number of carboxylic acid groups (broad SMARTS) is 1. The molecule has 9 nitrogen and oxygen atoms in total. The fraction of sp³-hybridized carbons (Fsp3) is 0. The molecule has 3 rings (SSSR count). The van der Waals surface area contributed by atoms with E-state index in [4.69, 9.17) is 9.84 Å². The second-order valence-electron chi connectivity index (χ2n) is 3.83. The predicted octanol–water partition coefficient (Wildman–Crippen LogP) is 2.19. The van der Waals surface area contributed by atoms with Crippen LogP contribution in [0.5, 0.6) is 11.6 Å². The lowest BCUT2D eigenvalue weighted by Gasteiger charge is -2.04. The van der Waals surface area contributed by atoms with Gasteiger partial charge in [-0.1, -0.05) is 11.3 Å². The summed E-state index contributed by atoms with van der Waals surface area (Å²) in [6.07, 6.45) is 3.94. The molecule has 0 saturated heterocycles. The highest BCUT2D eigenvalue weighted by Crippen LogP contribution is 2.34. The number of nitro groups is 1. The van der Waals surface area contributed by atoms with E-state index in [2.05, 4.69) is 9.97 Å². The molecule has 0 amide bonds. The second kappa shape index (κ2) is 4.83. The maximum atomic E-state index is 11.1. The fourth-order valence-electron chi connectivity index (χ4n) is 1.73. The van der Waals surface area contributed by atoms with Gasteiger partial charge in [0.25, 0.3) is 4.96 Å². The number of fused-ring (bicyclic) bond motifs is 1. The third kappa shape index (κ3) is 2.17. The van der Waals surface area contributed by atoms with E-state index in [-0.39, 0.29) is 23.0 Å². The number of carboxylic acids is 1. The van der Waals surface area contributed by atoms with Crippen LogP contribution in [0.4, 0.5) is 5.82 Å². The Labute approximate surface area is 120 Å². The van der Waals surface area contributed by atoms with Crippen molar-refractivity contribution in [3.63, 3.8) is 0 Å². The van der Waals surface area contributed by atoms with Crippen LogP contribution in [0, 0.1) is 10.1 Å². The number of thiazole rings is 1. The van der Waals surface area contributed by atoms with Crippen LogP contribution in [0.25, 0.3) is 4.96 Å². The highest BCUT2D eigenvalue weighted by Gasteiger charge is 2.27. The van der Waals surface area contributed by atoms with Crippen molar-refractivity contribution in [2.45, 2.75) is 0 Å². The summed E-state index contributed by atoms with van der Waals surface area (Å²) in [4.78, 5) is 29.7. The monoisotopic (exact) mass is 306 g/mol. The van der Waals surface area contributed by atoms with E-state index >= 15 is 0 Å². The standard InChI is InChI=1S/C11H6N4O5S/c16-10(17)6-1-2-12-5-7(6)20-8-9(15(18)19)14-3-4-21-11(14)13-8/h1-5H,(H,16,17). The maximum absolute atomic E-state index is 11.1. The zero-order valence-electron chi connectivity index (χ0n) is 10.2.